The molecule has 0 aliphatic rings. The van der Waals surface area contributed by atoms with Crippen LogP contribution in [0.5, 0.6) is 0 Å². The molecule has 0 aromatic heterocycles. The molecule has 0 rings (SSSR count). The molecular weight excluding hydrogens is 654 g/mol. The van der Waals surface area contributed by atoms with E-state index >= 15 is 0 Å². The van der Waals surface area contributed by atoms with Gasteiger partial charge in [0.2, 0.25) is 0 Å². The van der Waals surface area contributed by atoms with E-state index in [0.717, 1.165) is 32.1 Å². The SMILES string of the molecule is CC/C=C/C/C=C/CCC(=O)OCC(COCCC(C(=O)[O-])[N+](C)(C)C)OC(=O)CCCCCCCCCCCCCCCCCCCCCCC. The molecular formula is C44H81NO7. The second-order valence-corrected chi connectivity index (χ2v) is 15.6. The molecule has 8 nitrogen and oxygen atoms in total. The summed E-state index contributed by atoms with van der Waals surface area (Å²) in [5, 5.41) is 11.6. The van der Waals surface area contributed by atoms with Gasteiger partial charge in [0.1, 0.15) is 12.6 Å². The summed E-state index contributed by atoms with van der Waals surface area (Å²) in [6.45, 7) is 4.46. The lowest BCUT2D eigenvalue weighted by Gasteiger charge is -2.34. The Morgan fingerprint density at radius 3 is 1.54 bits per heavy atom. The van der Waals surface area contributed by atoms with Crippen LogP contribution < -0.4 is 5.11 Å². The summed E-state index contributed by atoms with van der Waals surface area (Å²) in [6.07, 6.45) is 38.2. The summed E-state index contributed by atoms with van der Waals surface area (Å²) >= 11 is 0. The second kappa shape index (κ2) is 35.8. The van der Waals surface area contributed by atoms with Gasteiger partial charge in [0.25, 0.3) is 0 Å². The maximum atomic E-state index is 12.7. The first-order valence-corrected chi connectivity index (χ1v) is 21.4. The van der Waals surface area contributed by atoms with Gasteiger partial charge in [0.05, 0.1) is 40.3 Å². The van der Waals surface area contributed by atoms with E-state index in [0.29, 0.717) is 12.8 Å². The lowest BCUT2D eigenvalue weighted by atomic mass is 10.0. The van der Waals surface area contributed by atoms with E-state index < -0.39 is 18.1 Å². The maximum absolute atomic E-state index is 12.7. The van der Waals surface area contributed by atoms with Crippen LogP contribution in [0.3, 0.4) is 0 Å². The Morgan fingerprint density at radius 1 is 0.596 bits per heavy atom. The zero-order valence-corrected chi connectivity index (χ0v) is 34.5. The monoisotopic (exact) mass is 736 g/mol. The van der Waals surface area contributed by atoms with Gasteiger partial charge in [-0.15, -0.1) is 0 Å². The molecule has 0 aromatic rings. The molecule has 304 valence electrons. The summed E-state index contributed by atoms with van der Waals surface area (Å²) in [6, 6.07) is -0.728. The van der Waals surface area contributed by atoms with Crippen LogP contribution in [-0.4, -0.2) is 75.5 Å². The summed E-state index contributed by atoms with van der Waals surface area (Å²) in [5.74, 6) is -1.82. The predicted octanol–water partition coefficient (Wildman–Crippen LogP) is 9.97. The molecule has 0 saturated heterocycles. The van der Waals surface area contributed by atoms with Crippen molar-refractivity contribution < 1.29 is 38.2 Å². The maximum Gasteiger partial charge on any atom is 0.306 e. The second-order valence-electron chi connectivity index (χ2n) is 15.6. The van der Waals surface area contributed by atoms with Gasteiger partial charge < -0.3 is 28.6 Å². The molecule has 0 aromatic carbocycles. The van der Waals surface area contributed by atoms with Gasteiger partial charge >= 0.3 is 11.9 Å². The highest BCUT2D eigenvalue weighted by molar-refractivity contribution is 5.70. The molecule has 52 heavy (non-hydrogen) atoms. The number of carbonyl (C=O) groups is 3. The number of rotatable bonds is 38. The molecule has 0 aliphatic heterocycles. The number of quaternary nitrogens is 1. The zero-order chi connectivity index (χ0) is 38.5. The van der Waals surface area contributed by atoms with E-state index in [9.17, 15) is 19.5 Å². The van der Waals surface area contributed by atoms with E-state index in [1.807, 2.05) is 12.2 Å². The molecule has 0 fully saturated rings. The molecule has 0 saturated carbocycles. The van der Waals surface area contributed by atoms with E-state index in [2.05, 4.69) is 26.0 Å². The minimum atomic E-state index is -1.13. The van der Waals surface area contributed by atoms with Crippen molar-refractivity contribution in [2.24, 2.45) is 0 Å². The van der Waals surface area contributed by atoms with Gasteiger partial charge in [0, 0.05) is 19.3 Å². The van der Waals surface area contributed by atoms with Crippen molar-refractivity contribution in [3.05, 3.63) is 24.3 Å². The molecule has 0 aliphatic carbocycles. The van der Waals surface area contributed by atoms with E-state index in [1.54, 1.807) is 21.1 Å². The number of hydrogen-bond donors (Lipinski definition) is 0. The van der Waals surface area contributed by atoms with Crippen LogP contribution in [0.2, 0.25) is 0 Å². The van der Waals surface area contributed by atoms with Gasteiger partial charge in [-0.25, -0.2) is 0 Å². The van der Waals surface area contributed by atoms with E-state index in [-0.39, 0.29) is 49.1 Å². The first-order valence-electron chi connectivity index (χ1n) is 21.4. The largest absolute Gasteiger partial charge is 0.544 e. The fraction of sp³-hybridized carbons (Fsp3) is 0.841. The van der Waals surface area contributed by atoms with Crippen molar-refractivity contribution in [1.82, 2.24) is 0 Å². The Labute approximate surface area is 320 Å². The summed E-state index contributed by atoms with van der Waals surface area (Å²) in [4.78, 5) is 36.6. The van der Waals surface area contributed by atoms with Crippen LogP contribution in [0, 0.1) is 0 Å². The number of carboxylic acids is 1. The number of unbranched alkanes of at least 4 members (excludes halogenated alkanes) is 20. The number of esters is 2. The number of ether oxygens (including phenoxy) is 3. The molecule has 2 unspecified atom stereocenters. The number of hydrogen-bond acceptors (Lipinski definition) is 7. The number of likely N-dealkylation sites (N-methyl/N-ethyl adjacent to an activating group) is 1. The first-order chi connectivity index (χ1) is 25.1. The van der Waals surface area contributed by atoms with Crippen LogP contribution in [0.25, 0.3) is 0 Å². The zero-order valence-electron chi connectivity index (χ0n) is 34.5. The predicted molar refractivity (Wildman–Crippen MR) is 213 cm³/mol. The molecule has 0 heterocycles. The van der Waals surface area contributed by atoms with Crippen LogP contribution in [0.4, 0.5) is 0 Å². The van der Waals surface area contributed by atoms with Crippen molar-refractivity contribution >= 4 is 17.9 Å². The molecule has 0 radical (unpaired) electrons. The third-order valence-electron chi connectivity index (χ3n) is 9.62. The van der Waals surface area contributed by atoms with Crippen LogP contribution in [0.15, 0.2) is 24.3 Å². The Balaban J connectivity index is 4.17. The lowest BCUT2D eigenvalue weighted by Crippen LogP contribution is -2.55. The molecule has 8 heteroatoms. The topological polar surface area (TPSA) is 102 Å². The molecule has 0 bridgehead atoms. The van der Waals surface area contributed by atoms with Gasteiger partial charge in [-0.1, -0.05) is 167 Å². The average Bonchev–Trinajstić information content (AvgIpc) is 3.09. The fourth-order valence-electron chi connectivity index (χ4n) is 6.31. The Bertz CT molecular complexity index is 911. The van der Waals surface area contributed by atoms with Crippen LogP contribution in [-0.2, 0) is 28.6 Å². The van der Waals surface area contributed by atoms with Crippen molar-refractivity contribution in [2.75, 3.05) is 41.0 Å². The van der Waals surface area contributed by atoms with Crippen LogP contribution in [0.1, 0.15) is 187 Å². The fourth-order valence-corrected chi connectivity index (χ4v) is 6.31. The summed E-state index contributed by atoms with van der Waals surface area (Å²) < 4.78 is 17.0. The number of nitrogens with zero attached hydrogens (tertiary/aromatic N) is 1. The smallest absolute Gasteiger partial charge is 0.306 e. The van der Waals surface area contributed by atoms with Gasteiger partial charge in [-0.3, -0.25) is 9.59 Å². The number of carboxylic acid groups (broad SMARTS) is 1. The first kappa shape index (κ1) is 49.8. The molecule has 2 atom stereocenters. The van der Waals surface area contributed by atoms with Crippen molar-refractivity contribution in [2.45, 2.75) is 199 Å². The average molecular weight is 736 g/mol. The van der Waals surface area contributed by atoms with Crippen molar-refractivity contribution in [3.63, 3.8) is 0 Å². The van der Waals surface area contributed by atoms with E-state index in [4.69, 9.17) is 14.2 Å². The molecule has 0 amide bonds. The molecule has 0 spiro atoms. The minimum absolute atomic E-state index is 0.0267. The van der Waals surface area contributed by atoms with Gasteiger partial charge in [-0.05, 0) is 25.7 Å². The van der Waals surface area contributed by atoms with Gasteiger partial charge in [-0.2, -0.15) is 0 Å². The van der Waals surface area contributed by atoms with Crippen molar-refractivity contribution in [3.8, 4) is 0 Å². The summed E-state index contributed by atoms with van der Waals surface area (Å²) in [7, 11) is 5.38. The summed E-state index contributed by atoms with van der Waals surface area (Å²) in [5.41, 5.74) is 0. The quantitative estimate of drug-likeness (QED) is 0.0269. The highest BCUT2D eigenvalue weighted by Crippen LogP contribution is 2.16. The highest BCUT2D eigenvalue weighted by Gasteiger charge is 2.25. The third kappa shape index (κ3) is 33.6. The number of aliphatic carboxylic acids is 1. The lowest BCUT2D eigenvalue weighted by molar-refractivity contribution is -0.889. The molecule has 0 N–H and O–H groups in total. The number of carbonyl (C=O) groups excluding carboxylic acids is 3. The third-order valence-corrected chi connectivity index (χ3v) is 9.62. The Kier molecular flexibility index (Phi) is 34.3. The Morgan fingerprint density at radius 2 is 1.08 bits per heavy atom. The highest BCUT2D eigenvalue weighted by atomic mass is 16.6. The number of allylic oxidation sites excluding steroid dienone is 4. The normalized spacial score (nSPS) is 13.2. The minimum Gasteiger partial charge on any atom is -0.544 e. The van der Waals surface area contributed by atoms with Crippen LogP contribution >= 0.6 is 0 Å². The Hall–Kier alpha value is -2.19. The standard InChI is InChI=1S/C44H81NO7/c1-6-8-10-12-14-15-16-17-18-19-20-21-22-23-24-25-26-27-29-31-33-35-43(47)52-40(38-50-37-36-41(44(48)49)45(3,4)5)39-51-42(46)34-32-30-28-13-11-9-7-2/h9,11,28,30,40-41H,6-8,10,12-27,29,31-39H2,1-5H3/b11-9+,30-28+. The van der Waals surface area contributed by atoms with E-state index in [1.165, 1.54) is 116 Å². The van der Waals surface area contributed by atoms with Crippen molar-refractivity contribution in [1.29, 1.82) is 0 Å². The van der Waals surface area contributed by atoms with Gasteiger partial charge in [0.15, 0.2) is 6.10 Å².